The number of hydrogen-bond donors (Lipinski definition) is 2. The molecule has 25 heavy (non-hydrogen) atoms. The van der Waals surface area contributed by atoms with E-state index < -0.39 is 5.60 Å². The fraction of sp³-hybridized carbons (Fsp3) is 0.250. The molecule has 0 spiro atoms. The molecule has 0 radical (unpaired) electrons. The highest BCUT2D eigenvalue weighted by Gasteiger charge is 2.36. The number of hydrogen-bond acceptors (Lipinski definition) is 4. The highest BCUT2D eigenvalue weighted by molar-refractivity contribution is 5.83. The topological polar surface area (TPSA) is 75.6 Å². The lowest BCUT2D eigenvalue weighted by molar-refractivity contribution is -0.123. The number of nitrogens with one attached hydrogen (secondary N) is 1. The van der Waals surface area contributed by atoms with E-state index in [2.05, 4.69) is 5.32 Å². The third kappa shape index (κ3) is 3.51. The van der Waals surface area contributed by atoms with Crippen molar-refractivity contribution in [2.24, 2.45) is 0 Å². The van der Waals surface area contributed by atoms with Crippen LogP contribution in [0.1, 0.15) is 36.1 Å². The van der Waals surface area contributed by atoms with Crippen molar-refractivity contribution in [2.75, 3.05) is 6.54 Å². The minimum Gasteiger partial charge on any atom is -0.472 e. The van der Waals surface area contributed by atoms with Gasteiger partial charge in [0, 0.05) is 5.56 Å². The van der Waals surface area contributed by atoms with Crippen molar-refractivity contribution in [1.29, 1.82) is 0 Å². The zero-order chi connectivity index (χ0) is 17.7. The molecule has 1 aromatic carbocycles. The summed E-state index contributed by atoms with van der Waals surface area (Å²) in [5.41, 5.74) is -0.0101. The van der Waals surface area contributed by atoms with Crippen molar-refractivity contribution in [3.63, 3.8) is 0 Å². The Balaban J connectivity index is 1.79. The standard InChI is InChI=1S/C20H21NO4/c1-2-17(15-7-4-3-5-8-15)19(22)21-14-20(23,16-10-12-24-13-16)18-9-6-11-25-18/h3-13,17,23H,2,14H2,1H3,(H,21,22). The number of furan rings is 2. The lowest BCUT2D eigenvalue weighted by atomic mass is 9.92. The maximum absolute atomic E-state index is 12.7. The normalized spacial score (nSPS) is 14.6. The quantitative estimate of drug-likeness (QED) is 0.691. The number of carbonyl (C=O) groups is 1. The largest absolute Gasteiger partial charge is 0.472 e. The number of benzene rings is 1. The van der Waals surface area contributed by atoms with Gasteiger partial charge in [-0.05, 0) is 30.2 Å². The van der Waals surface area contributed by atoms with Crippen LogP contribution >= 0.6 is 0 Å². The van der Waals surface area contributed by atoms with Crippen LogP contribution in [-0.2, 0) is 10.4 Å². The van der Waals surface area contributed by atoms with Crippen molar-refractivity contribution in [3.05, 3.63) is 84.2 Å². The summed E-state index contributed by atoms with van der Waals surface area (Å²) in [5, 5.41) is 14.0. The van der Waals surface area contributed by atoms with Crippen LogP contribution in [0.3, 0.4) is 0 Å². The van der Waals surface area contributed by atoms with Gasteiger partial charge >= 0.3 is 0 Å². The molecule has 2 N–H and O–H groups in total. The minimum absolute atomic E-state index is 0.0117. The van der Waals surface area contributed by atoms with Gasteiger partial charge in [-0.2, -0.15) is 0 Å². The number of aliphatic hydroxyl groups is 1. The Labute approximate surface area is 146 Å². The van der Waals surface area contributed by atoms with Gasteiger partial charge in [-0.1, -0.05) is 37.3 Å². The Kier molecular flexibility index (Phi) is 5.05. The van der Waals surface area contributed by atoms with Crippen LogP contribution < -0.4 is 5.32 Å². The summed E-state index contributed by atoms with van der Waals surface area (Å²) < 4.78 is 10.5. The molecule has 0 aliphatic rings. The summed E-state index contributed by atoms with van der Waals surface area (Å²) in [6.07, 6.45) is 5.08. The van der Waals surface area contributed by atoms with Crippen molar-refractivity contribution >= 4 is 5.91 Å². The van der Waals surface area contributed by atoms with Gasteiger partial charge < -0.3 is 19.3 Å². The molecule has 0 saturated heterocycles. The molecule has 0 aliphatic heterocycles. The Morgan fingerprint density at radius 3 is 2.56 bits per heavy atom. The second kappa shape index (κ2) is 7.40. The highest BCUT2D eigenvalue weighted by atomic mass is 16.4. The molecule has 2 heterocycles. The second-order valence-corrected chi connectivity index (χ2v) is 5.94. The summed E-state index contributed by atoms with van der Waals surface area (Å²) in [6.45, 7) is 1.95. The van der Waals surface area contributed by atoms with Gasteiger partial charge in [0.15, 0.2) is 5.60 Å². The van der Waals surface area contributed by atoms with Crippen LogP contribution in [0.5, 0.6) is 0 Å². The molecule has 2 atom stereocenters. The second-order valence-electron chi connectivity index (χ2n) is 5.94. The van der Waals surface area contributed by atoms with Gasteiger partial charge in [-0.25, -0.2) is 0 Å². The first kappa shape index (κ1) is 17.0. The molecular weight excluding hydrogens is 318 g/mol. The van der Waals surface area contributed by atoms with Gasteiger partial charge in [0.05, 0.1) is 31.3 Å². The average Bonchev–Trinajstić information content (AvgIpc) is 3.35. The molecule has 0 aliphatic carbocycles. The zero-order valence-electron chi connectivity index (χ0n) is 14.0. The molecule has 3 aromatic rings. The lowest BCUT2D eigenvalue weighted by Gasteiger charge is -2.26. The predicted molar refractivity (Wildman–Crippen MR) is 92.9 cm³/mol. The molecule has 0 bridgehead atoms. The van der Waals surface area contributed by atoms with Gasteiger partial charge in [0.1, 0.15) is 5.76 Å². The van der Waals surface area contributed by atoms with Crippen LogP contribution in [0.4, 0.5) is 0 Å². The molecular formula is C20H21NO4. The van der Waals surface area contributed by atoms with Gasteiger partial charge in [-0.3, -0.25) is 4.79 Å². The van der Waals surface area contributed by atoms with E-state index in [9.17, 15) is 9.90 Å². The molecule has 0 saturated carbocycles. The number of rotatable bonds is 7. The summed E-state index contributed by atoms with van der Waals surface area (Å²) in [4.78, 5) is 12.7. The van der Waals surface area contributed by atoms with E-state index in [0.717, 1.165) is 5.56 Å². The Morgan fingerprint density at radius 2 is 1.96 bits per heavy atom. The smallest absolute Gasteiger partial charge is 0.227 e. The van der Waals surface area contributed by atoms with E-state index in [4.69, 9.17) is 8.83 Å². The van der Waals surface area contributed by atoms with Crippen molar-refractivity contribution < 1.29 is 18.7 Å². The SMILES string of the molecule is CCC(C(=O)NCC(O)(c1ccoc1)c1ccco1)c1ccccc1. The van der Waals surface area contributed by atoms with E-state index in [1.165, 1.54) is 18.8 Å². The first-order valence-electron chi connectivity index (χ1n) is 8.27. The van der Waals surface area contributed by atoms with E-state index in [-0.39, 0.29) is 18.4 Å². The van der Waals surface area contributed by atoms with E-state index >= 15 is 0 Å². The van der Waals surface area contributed by atoms with E-state index in [1.807, 2.05) is 37.3 Å². The Morgan fingerprint density at radius 1 is 1.16 bits per heavy atom. The summed E-state index contributed by atoms with van der Waals surface area (Å²) in [7, 11) is 0. The Hall–Kier alpha value is -2.79. The molecule has 0 fully saturated rings. The maximum Gasteiger partial charge on any atom is 0.227 e. The molecule has 1 amide bonds. The highest BCUT2D eigenvalue weighted by Crippen LogP contribution is 2.30. The summed E-state index contributed by atoms with van der Waals surface area (Å²) in [6, 6.07) is 14.6. The summed E-state index contributed by atoms with van der Waals surface area (Å²) in [5.74, 6) is -0.0597. The van der Waals surface area contributed by atoms with Crippen LogP contribution in [0, 0.1) is 0 Å². The zero-order valence-corrected chi connectivity index (χ0v) is 14.0. The van der Waals surface area contributed by atoms with Crippen molar-refractivity contribution in [3.8, 4) is 0 Å². The van der Waals surface area contributed by atoms with Crippen LogP contribution in [0.25, 0.3) is 0 Å². The van der Waals surface area contributed by atoms with Gasteiger partial charge in [-0.15, -0.1) is 0 Å². The van der Waals surface area contributed by atoms with Crippen LogP contribution in [0.2, 0.25) is 0 Å². The third-order valence-corrected chi connectivity index (χ3v) is 4.37. The number of carbonyl (C=O) groups excluding carboxylic acids is 1. The molecule has 130 valence electrons. The lowest BCUT2D eigenvalue weighted by Crippen LogP contribution is -2.42. The number of amides is 1. The summed E-state index contributed by atoms with van der Waals surface area (Å²) >= 11 is 0. The predicted octanol–water partition coefficient (Wildman–Crippen LogP) is 3.42. The molecule has 2 aromatic heterocycles. The Bertz CT molecular complexity index is 744. The fourth-order valence-corrected chi connectivity index (χ4v) is 2.94. The van der Waals surface area contributed by atoms with Crippen LogP contribution in [-0.4, -0.2) is 17.6 Å². The monoisotopic (exact) mass is 339 g/mol. The molecule has 2 unspecified atom stereocenters. The minimum atomic E-state index is -1.48. The first-order valence-corrected chi connectivity index (χ1v) is 8.27. The fourth-order valence-electron chi connectivity index (χ4n) is 2.94. The van der Waals surface area contributed by atoms with Gasteiger partial charge in [0.2, 0.25) is 5.91 Å². The molecule has 3 rings (SSSR count). The van der Waals surface area contributed by atoms with E-state index in [0.29, 0.717) is 17.7 Å². The van der Waals surface area contributed by atoms with Crippen molar-refractivity contribution in [2.45, 2.75) is 24.9 Å². The van der Waals surface area contributed by atoms with Crippen molar-refractivity contribution in [1.82, 2.24) is 5.32 Å². The van der Waals surface area contributed by atoms with Crippen LogP contribution in [0.15, 0.2) is 76.2 Å². The third-order valence-electron chi connectivity index (χ3n) is 4.37. The van der Waals surface area contributed by atoms with Gasteiger partial charge in [0.25, 0.3) is 0 Å². The maximum atomic E-state index is 12.7. The van der Waals surface area contributed by atoms with E-state index in [1.54, 1.807) is 18.2 Å². The first-order chi connectivity index (χ1) is 12.1. The average molecular weight is 339 g/mol. The molecule has 5 heteroatoms. The molecule has 5 nitrogen and oxygen atoms in total.